The number of ether oxygens (including phenoxy) is 1. The summed E-state index contributed by atoms with van der Waals surface area (Å²) < 4.78 is 6.10. The molecular formula is C19H25N3O. The number of hydrogen-bond donors (Lipinski definition) is 2. The van der Waals surface area contributed by atoms with E-state index in [0.717, 1.165) is 37.4 Å². The summed E-state index contributed by atoms with van der Waals surface area (Å²) in [7, 11) is 0. The molecule has 1 aliphatic rings. The number of pyridine rings is 1. The van der Waals surface area contributed by atoms with Crippen molar-refractivity contribution in [3.05, 3.63) is 59.4 Å². The van der Waals surface area contributed by atoms with Crippen LogP contribution in [0.25, 0.3) is 0 Å². The molecule has 0 aliphatic carbocycles. The molecule has 2 aromatic rings. The van der Waals surface area contributed by atoms with Crippen molar-refractivity contribution in [3.8, 4) is 5.75 Å². The minimum Gasteiger partial charge on any atom is -0.487 e. The largest absolute Gasteiger partial charge is 0.487 e. The molecule has 0 bridgehead atoms. The van der Waals surface area contributed by atoms with E-state index in [1.807, 2.05) is 18.5 Å². The molecule has 3 rings (SSSR count). The van der Waals surface area contributed by atoms with Crippen LogP contribution in [-0.2, 0) is 6.54 Å². The van der Waals surface area contributed by atoms with Crippen LogP contribution in [0.4, 0.5) is 0 Å². The first-order valence-electron chi connectivity index (χ1n) is 8.32. The van der Waals surface area contributed by atoms with Gasteiger partial charge in [0.05, 0.1) is 6.20 Å². The van der Waals surface area contributed by atoms with Crippen LogP contribution in [0.3, 0.4) is 0 Å². The summed E-state index contributed by atoms with van der Waals surface area (Å²) in [5.41, 5.74) is 3.74. The highest BCUT2D eigenvalue weighted by Crippen LogP contribution is 2.21. The van der Waals surface area contributed by atoms with E-state index in [0.29, 0.717) is 6.04 Å². The molecule has 4 heteroatoms. The van der Waals surface area contributed by atoms with Crippen molar-refractivity contribution >= 4 is 0 Å². The first kappa shape index (κ1) is 16.0. The zero-order valence-electron chi connectivity index (χ0n) is 13.9. The van der Waals surface area contributed by atoms with Crippen LogP contribution in [0, 0.1) is 6.92 Å². The maximum absolute atomic E-state index is 6.10. The fourth-order valence-electron chi connectivity index (χ4n) is 2.81. The van der Waals surface area contributed by atoms with Gasteiger partial charge in [0.15, 0.2) is 0 Å². The molecule has 23 heavy (non-hydrogen) atoms. The number of nitrogens with zero attached hydrogens (tertiary/aromatic N) is 1. The quantitative estimate of drug-likeness (QED) is 0.861. The van der Waals surface area contributed by atoms with E-state index in [-0.39, 0.29) is 6.10 Å². The SMILES string of the molecule is Cc1ccc(C(C)NCc2ccncc2O[C@H]2CCNC2)cc1. The average Bonchev–Trinajstić information content (AvgIpc) is 3.07. The van der Waals surface area contributed by atoms with Gasteiger partial charge in [0.1, 0.15) is 11.9 Å². The molecule has 1 aliphatic heterocycles. The van der Waals surface area contributed by atoms with E-state index in [9.17, 15) is 0 Å². The Morgan fingerprint density at radius 2 is 2.13 bits per heavy atom. The monoisotopic (exact) mass is 311 g/mol. The Morgan fingerprint density at radius 3 is 2.87 bits per heavy atom. The second-order valence-electron chi connectivity index (χ2n) is 6.23. The standard InChI is InChI=1S/C19H25N3O/c1-14-3-5-16(6-4-14)15(2)22-11-17-7-9-21-13-19(17)23-18-8-10-20-12-18/h3-7,9,13,15,18,20,22H,8,10-12H2,1-2H3/t15?,18-/m0/s1. The van der Waals surface area contributed by atoms with Gasteiger partial charge in [0.2, 0.25) is 0 Å². The van der Waals surface area contributed by atoms with Gasteiger partial charge < -0.3 is 15.4 Å². The van der Waals surface area contributed by atoms with Crippen LogP contribution in [0.1, 0.15) is 36.1 Å². The van der Waals surface area contributed by atoms with Crippen LogP contribution in [0.2, 0.25) is 0 Å². The van der Waals surface area contributed by atoms with Gasteiger partial charge in [-0.25, -0.2) is 0 Å². The van der Waals surface area contributed by atoms with Gasteiger partial charge >= 0.3 is 0 Å². The van der Waals surface area contributed by atoms with Crippen LogP contribution >= 0.6 is 0 Å². The number of nitrogens with one attached hydrogen (secondary N) is 2. The van der Waals surface area contributed by atoms with Gasteiger partial charge in [-0.1, -0.05) is 29.8 Å². The summed E-state index contributed by atoms with van der Waals surface area (Å²) in [6.07, 6.45) is 4.97. The molecule has 1 aromatic carbocycles. The summed E-state index contributed by atoms with van der Waals surface area (Å²) >= 11 is 0. The van der Waals surface area contributed by atoms with E-state index >= 15 is 0 Å². The summed E-state index contributed by atoms with van der Waals surface area (Å²) in [4.78, 5) is 4.21. The Morgan fingerprint density at radius 1 is 1.30 bits per heavy atom. The Balaban J connectivity index is 1.62. The number of aryl methyl sites for hydroxylation is 1. The second kappa shape index (κ2) is 7.57. The molecule has 122 valence electrons. The molecule has 0 saturated carbocycles. The van der Waals surface area contributed by atoms with Crippen molar-refractivity contribution < 1.29 is 4.74 Å². The lowest BCUT2D eigenvalue weighted by atomic mass is 10.1. The summed E-state index contributed by atoms with van der Waals surface area (Å²) in [5, 5.41) is 6.90. The molecule has 1 fully saturated rings. The van der Waals surface area contributed by atoms with Crippen LogP contribution in [0.5, 0.6) is 5.75 Å². The maximum Gasteiger partial charge on any atom is 0.142 e. The lowest BCUT2D eigenvalue weighted by Gasteiger charge is -2.18. The van der Waals surface area contributed by atoms with Gasteiger partial charge in [-0.2, -0.15) is 0 Å². The molecule has 4 nitrogen and oxygen atoms in total. The van der Waals surface area contributed by atoms with E-state index in [1.54, 1.807) is 0 Å². The van der Waals surface area contributed by atoms with Gasteiger partial charge in [0.25, 0.3) is 0 Å². The van der Waals surface area contributed by atoms with Gasteiger partial charge in [0, 0.05) is 30.9 Å². The minimum atomic E-state index is 0.257. The highest BCUT2D eigenvalue weighted by molar-refractivity contribution is 5.30. The molecule has 0 radical (unpaired) electrons. The Bertz CT molecular complexity index is 621. The van der Waals surface area contributed by atoms with Crippen LogP contribution in [-0.4, -0.2) is 24.2 Å². The normalized spacial score (nSPS) is 18.8. The highest BCUT2D eigenvalue weighted by Gasteiger charge is 2.17. The van der Waals surface area contributed by atoms with Crippen LogP contribution < -0.4 is 15.4 Å². The molecule has 0 spiro atoms. The number of hydrogen-bond acceptors (Lipinski definition) is 4. The van der Waals surface area contributed by atoms with E-state index in [1.165, 1.54) is 11.1 Å². The first-order chi connectivity index (χ1) is 11.2. The average molecular weight is 311 g/mol. The third-order valence-electron chi connectivity index (χ3n) is 4.35. The fraction of sp³-hybridized carbons (Fsp3) is 0.421. The van der Waals surface area contributed by atoms with Gasteiger partial charge in [-0.3, -0.25) is 4.98 Å². The third kappa shape index (κ3) is 4.30. The van der Waals surface area contributed by atoms with Crippen molar-refractivity contribution in [1.82, 2.24) is 15.6 Å². The third-order valence-corrected chi connectivity index (χ3v) is 4.35. The van der Waals surface area contributed by atoms with Crippen molar-refractivity contribution in [3.63, 3.8) is 0 Å². The molecular weight excluding hydrogens is 286 g/mol. The van der Waals surface area contributed by atoms with Crippen molar-refractivity contribution in [1.29, 1.82) is 0 Å². The molecule has 1 saturated heterocycles. The zero-order chi connectivity index (χ0) is 16.1. The molecule has 2 heterocycles. The maximum atomic E-state index is 6.10. The first-order valence-corrected chi connectivity index (χ1v) is 8.32. The summed E-state index contributed by atoms with van der Waals surface area (Å²) in [6, 6.07) is 11.0. The molecule has 1 unspecified atom stereocenters. The van der Waals surface area contributed by atoms with Crippen molar-refractivity contribution in [2.24, 2.45) is 0 Å². The predicted molar refractivity (Wildman–Crippen MR) is 92.6 cm³/mol. The second-order valence-corrected chi connectivity index (χ2v) is 6.23. The minimum absolute atomic E-state index is 0.257. The van der Waals surface area contributed by atoms with Gasteiger partial charge in [-0.15, -0.1) is 0 Å². The van der Waals surface area contributed by atoms with Crippen molar-refractivity contribution in [2.75, 3.05) is 13.1 Å². The highest BCUT2D eigenvalue weighted by atomic mass is 16.5. The van der Waals surface area contributed by atoms with Crippen molar-refractivity contribution in [2.45, 2.75) is 39.0 Å². The van der Waals surface area contributed by atoms with Crippen LogP contribution in [0.15, 0.2) is 42.7 Å². The zero-order valence-corrected chi connectivity index (χ0v) is 13.9. The Kier molecular flexibility index (Phi) is 5.26. The summed E-state index contributed by atoms with van der Waals surface area (Å²) in [5.74, 6) is 0.893. The lowest BCUT2D eigenvalue weighted by molar-refractivity contribution is 0.219. The topological polar surface area (TPSA) is 46.2 Å². The Labute approximate surface area is 138 Å². The van der Waals surface area contributed by atoms with E-state index in [2.05, 4.69) is 53.7 Å². The van der Waals surface area contributed by atoms with E-state index < -0.39 is 0 Å². The molecule has 0 amide bonds. The molecule has 1 aromatic heterocycles. The smallest absolute Gasteiger partial charge is 0.142 e. The Hall–Kier alpha value is -1.91. The fourth-order valence-corrected chi connectivity index (χ4v) is 2.81. The molecule has 2 N–H and O–H groups in total. The predicted octanol–water partition coefficient (Wildman–Crippen LogP) is 2.98. The van der Waals surface area contributed by atoms with E-state index in [4.69, 9.17) is 4.74 Å². The number of benzene rings is 1. The number of rotatable bonds is 6. The number of aromatic nitrogens is 1. The summed E-state index contributed by atoms with van der Waals surface area (Å²) in [6.45, 7) is 7.02. The van der Waals surface area contributed by atoms with Gasteiger partial charge in [-0.05, 0) is 38.4 Å². The molecule has 2 atom stereocenters. The lowest BCUT2D eigenvalue weighted by Crippen LogP contribution is -2.22.